The minimum atomic E-state index is -0.0487. The molecule has 0 bridgehead atoms. The molecule has 0 radical (unpaired) electrons. The smallest absolute Gasteiger partial charge is 0.225 e. The molecule has 0 saturated carbocycles. The van der Waals surface area contributed by atoms with E-state index >= 15 is 0 Å². The molecule has 0 amide bonds. The van der Waals surface area contributed by atoms with Crippen molar-refractivity contribution in [2.75, 3.05) is 18.0 Å². The van der Waals surface area contributed by atoms with Crippen LogP contribution in [0.25, 0.3) is 10.2 Å². The Morgan fingerprint density at radius 1 is 1.56 bits per heavy atom. The molecule has 0 saturated heterocycles. The number of fused-ring (bicyclic) bond motifs is 1. The van der Waals surface area contributed by atoms with Gasteiger partial charge in [-0.2, -0.15) is 10.2 Å². The Bertz CT molecular complexity index is 589. The molecule has 0 aromatic carbocycles. The van der Waals surface area contributed by atoms with Gasteiger partial charge in [0.05, 0.1) is 17.4 Å². The number of anilines is 1. The average Bonchev–Trinajstić information content (AvgIpc) is 2.82. The zero-order valence-corrected chi connectivity index (χ0v) is 11.8. The second-order valence-corrected chi connectivity index (χ2v) is 5.26. The summed E-state index contributed by atoms with van der Waals surface area (Å²) < 4.78 is 0. The normalized spacial score (nSPS) is 12.3. The van der Waals surface area contributed by atoms with Gasteiger partial charge in [0.2, 0.25) is 5.28 Å². The van der Waals surface area contributed by atoms with E-state index in [-0.39, 0.29) is 11.2 Å². The van der Waals surface area contributed by atoms with Gasteiger partial charge in [-0.25, -0.2) is 4.98 Å². The second-order valence-electron chi connectivity index (χ2n) is 4.02. The van der Waals surface area contributed by atoms with Crippen molar-refractivity contribution in [2.24, 2.45) is 5.92 Å². The van der Waals surface area contributed by atoms with Crippen molar-refractivity contribution in [2.45, 2.75) is 13.8 Å². The van der Waals surface area contributed by atoms with Gasteiger partial charge in [-0.3, -0.25) is 0 Å². The number of hydrogen-bond donors (Lipinski definition) is 0. The van der Waals surface area contributed by atoms with Crippen LogP contribution < -0.4 is 4.90 Å². The molecular weight excluding hydrogens is 268 g/mol. The predicted molar refractivity (Wildman–Crippen MR) is 75.1 cm³/mol. The van der Waals surface area contributed by atoms with E-state index in [9.17, 15) is 0 Å². The van der Waals surface area contributed by atoms with E-state index in [4.69, 9.17) is 16.9 Å². The standard InChI is InChI=1S/C12H13ClN4S/c1-3-17(7-8(2)6-14)10-9-4-5-18-11(9)16-12(13)15-10/h4-5,8H,3,7H2,1-2H3. The van der Waals surface area contributed by atoms with E-state index in [1.54, 1.807) is 11.3 Å². The summed E-state index contributed by atoms with van der Waals surface area (Å²) in [5.41, 5.74) is 0. The first kappa shape index (κ1) is 13.1. The molecular formula is C12H13ClN4S. The van der Waals surface area contributed by atoms with Crippen LogP contribution in [0.1, 0.15) is 13.8 Å². The number of nitrogens with zero attached hydrogens (tertiary/aromatic N) is 4. The summed E-state index contributed by atoms with van der Waals surface area (Å²) in [5, 5.41) is 12.1. The molecule has 1 atom stereocenters. The van der Waals surface area contributed by atoms with Crippen LogP contribution in [0, 0.1) is 17.2 Å². The van der Waals surface area contributed by atoms with Crippen molar-refractivity contribution in [1.82, 2.24) is 9.97 Å². The topological polar surface area (TPSA) is 52.8 Å². The number of hydrogen-bond acceptors (Lipinski definition) is 5. The fraction of sp³-hybridized carbons (Fsp3) is 0.417. The fourth-order valence-electron chi connectivity index (χ4n) is 1.79. The molecule has 18 heavy (non-hydrogen) atoms. The van der Waals surface area contributed by atoms with Crippen LogP contribution in [0.5, 0.6) is 0 Å². The van der Waals surface area contributed by atoms with Crippen LogP contribution in [0.2, 0.25) is 5.28 Å². The molecule has 0 N–H and O–H groups in total. The van der Waals surface area contributed by atoms with Crippen LogP contribution in [0.15, 0.2) is 11.4 Å². The molecule has 2 rings (SSSR count). The highest BCUT2D eigenvalue weighted by Gasteiger charge is 2.15. The first-order valence-electron chi connectivity index (χ1n) is 5.71. The molecule has 4 nitrogen and oxygen atoms in total. The largest absolute Gasteiger partial charge is 0.355 e. The predicted octanol–water partition coefficient (Wildman–Crippen LogP) is 3.33. The van der Waals surface area contributed by atoms with Gasteiger partial charge < -0.3 is 4.90 Å². The highest BCUT2D eigenvalue weighted by molar-refractivity contribution is 7.16. The lowest BCUT2D eigenvalue weighted by molar-refractivity contribution is 0.681. The molecule has 1 unspecified atom stereocenters. The van der Waals surface area contributed by atoms with Crippen LogP contribution in [-0.4, -0.2) is 23.1 Å². The Morgan fingerprint density at radius 2 is 2.33 bits per heavy atom. The van der Waals surface area contributed by atoms with Crippen LogP contribution >= 0.6 is 22.9 Å². The molecule has 0 aliphatic rings. The van der Waals surface area contributed by atoms with Gasteiger partial charge in [0.25, 0.3) is 0 Å². The maximum absolute atomic E-state index is 8.92. The summed E-state index contributed by atoms with van der Waals surface area (Å²) in [5.74, 6) is 0.767. The molecule has 2 aromatic rings. The van der Waals surface area contributed by atoms with E-state index in [0.717, 1.165) is 22.6 Å². The molecule has 2 aromatic heterocycles. The quantitative estimate of drug-likeness (QED) is 0.806. The third-order valence-electron chi connectivity index (χ3n) is 2.67. The van der Waals surface area contributed by atoms with Crippen molar-refractivity contribution in [3.63, 3.8) is 0 Å². The Balaban J connectivity index is 2.44. The van der Waals surface area contributed by atoms with Crippen LogP contribution in [-0.2, 0) is 0 Å². The molecule has 0 fully saturated rings. The number of halogens is 1. The van der Waals surface area contributed by atoms with Crippen molar-refractivity contribution in [3.8, 4) is 6.07 Å². The second kappa shape index (κ2) is 5.51. The minimum Gasteiger partial charge on any atom is -0.355 e. The highest BCUT2D eigenvalue weighted by atomic mass is 35.5. The summed E-state index contributed by atoms with van der Waals surface area (Å²) in [6.07, 6.45) is 0. The monoisotopic (exact) mass is 280 g/mol. The van der Waals surface area contributed by atoms with E-state index in [2.05, 4.69) is 20.9 Å². The van der Waals surface area contributed by atoms with Gasteiger partial charge in [-0.15, -0.1) is 11.3 Å². The molecule has 6 heteroatoms. The Kier molecular flexibility index (Phi) is 4.00. The summed E-state index contributed by atoms with van der Waals surface area (Å²) in [7, 11) is 0. The van der Waals surface area contributed by atoms with Gasteiger partial charge in [-0.1, -0.05) is 0 Å². The number of rotatable bonds is 4. The van der Waals surface area contributed by atoms with Crippen molar-refractivity contribution in [3.05, 3.63) is 16.7 Å². The Hall–Kier alpha value is -1.38. The number of nitriles is 1. The first-order valence-corrected chi connectivity index (χ1v) is 6.96. The van der Waals surface area contributed by atoms with E-state index in [1.807, 2.05) is 25.3 Å². The highest BCUT2D eigenvalue weighted by Crippen LogP contribution is 2.29. The maximum Gasteiger partial charge on any atom is 0.225 e. The van der Waals surface area contributed by atoms with Gasteiger partial charge in [0.1, 0.15) is 10.6 Å². The zero-order chi connectivity index (χ0) is 13.1. The van der Waals surface area contributed by atoms with Gasteiger partial charge in [0.15, 0.2) is 0 Å². The summed E-state index contributed by atoms with van der Waals surface area (Å²) in [6.45, 7) is 5.37. The SMILES string of the molecule is CCN(CC(C)C#N)c1nc(Cl)nc2sccc12. The van der Waals surface area contributed by atoms with Crippen molar-refractivity contribution in [1.29, 1.82) is 5.26 Å². The molecule has 0 aliphatic carbocycles. The van der Waals surface area contributed by atoms with Gasteiger partial charge in [0, 0.05) is 13.1 Å². The summed E-state index contributed by atoms with van der Waals surface area (Å²) >= 11 is 7.49. The fourth-order valence-corrected chi connectivity index (χ4v) is 2.77. The lowest BCUT2D eigenvalue weighted by atomic mass is 10.2. The first-order chi connectivity index (χ1) is 8.65. The minimum absolute atomic E-state index is 0.0487. The van der Waals surface area contributed by atoms with E-state index < -0.39 is 0 Å². The van der Waals surface area contributed by atoms with E-state index in [1.165, 1.54) is 0 Å². The zero-order valence-electron chi connectivity index (χ0n) is 10.2. The lowest BCUT2D eigenvalue weighted by Crippen LogP contribution is -2.28. The van der Waals surface area contributed by atoms with Gasteiger partial charge >= 0.3 is 0 Å². The molecule has 2 heterocycles. The Morgan fingerprint density at radius 3 is 3.00 bits per heavy atom. The molecule has 94 valence electrons. The number of aromatic nitrogens is 2. The van der Waals surface area contributed by atoms with Crippen LogP contribution in [0.3, 0.4) is 0 Å². The third-order valence-corrected chi connectivity index (χ3v) is 3.65. The molecule has 0 aliphatic heterocycles. The van der Waals surface area contributed by atoms with Crippen LogP contribution in [0.4, 0.5) is 5.82 Å². The third kappa shape index (κ3) is 2.55. The van der Waals surface area contributed by atoms with Crippen molar-refractivity contribution < 1.29 is 0 Å². The summed E-state index contributed by atoms with van der Waals surface area (Å²) in [4.78, 5) is 11.5. The lowest BCUT2D eigenvalue weighted by Gasteiger charge is -2.23. The van der Waals surface area contributed by atoms with E-state index in [0.29, 0.717) is 6.54 Å². The Labute approximate surface area is 115 Å². The number of thiophene rings is 1. The summed E-state index contributed by atoms with van der Waals surface area (Å²) in [6, 6.07) is 4.23. The average molecular weight is 281 g/mol. The molecule has 0 spiro atoms. The maximum atomic E-state index is 8.92. The van der Waals surface area contributed by atoms with Gasteiger partial charge in [-0.05, 0) is 36.9 Å². The van der Waals surface area contributed by atoms with Crippen molar-refractivity contribution >= 4 is 39.0 Å².